The van der Waals surface area contributed by atoms with Gasteiger partial charge in [0.2, 0.25) is 5.91 Å². The number of nitrogens with one attached hydrogen (secondary N) is 1. The Morgan fingerprint density at radius 2 is 2.08 bits per heavy atom. The van der Waals surface area contributed by atoms with Gasteiger partial charge in [-0.2, -0.15) is 0 Å². The normalized spacial score (nSPS) is 23.1. The molecule has 3 rings (SSSR count). The van der Waals surface area contributed by atoms with Crippen LogP contribution in [0.15, 0.2) is 30.9 Å². The second-order valence-corrected chi connectivity index (χ2v) is 9.67. The minimum absolute atomic E-state index is 0.0295. The summed E-state index contributed by atoms with van der Waals surface area (Å²) in [6, 6.07) is 4.84. The van der Waals surface area contributed by atoms with Crippen LogP contribution in [-0.4, -0.2) is 43.3 Å². The quantitative estimate of drug-likeness (QED) is 0.825. The minimum Gasteiger partial charge on any atom is -0.347 e. The zero-order valence-corrected chi connectivity index (χ0v) is 15.2. The van der Waals surface area contributed by atoms with Crippen molar-refractivity contribution in [3.63, 3.8) is 0 Å². The van der Waals surface area contributed by atoms with Crippen LogP contribution in [0.5, 0.6) is 0 Å². The van der Waals surface area contributed by atoms with E-state index in [0.717, 1.165) is 24.1 Å². The molecule has 1 aromatic carbocycles. The van der Waals surface area contributed by atoms with Gasteiger partial charge < -0.3 is 10.2 Å². The van der Waals surface area contributed by atoms with E-state index in [4.69, 9.17) is 0 Å². The van der Waals surface area contributed by atoms with Crippen LogP contribution in [0.3, 0.4) is 0 Å². The summed E-state index contributed by atoms with van der Waals surface area (Å²) in [5.74, 6) is -0.472. The van der Waals surface area contributed by atoms with E-state index in [0.29, 0.717) is 12.1 Å². The van der Waals surface area contributed by atoms with Crippen LogP contribution in [0, 0.1) is 0 Å². The van der Waals surface area contributed by atoms with E-state index in [1.54, 1.807) is 36.9 Å². The van der Waals surface area contributed by atoms with E-state index in [-0.39, 0.29) is 23.6 Å². The molecule has 1 unspecified atom stereocenters. The van der Waals surface area contributed by atoms with Crippen LogP contribution in [0.1, 0.15) is 36.2 Å². The number of rotatable bonds is 3. The Kier molecular flexibility index (Phi) is 4.23. The number of nitrogens with zero attached hydrogens (tertiary/aromatic N) is 1. The van der Waals surface area contributed by atoms with Crippen molar-refractivity contribution in [2.24, 2.45) is 0 Å². The lowest BCUT2D eigenvalue weighted by atomic mass is 9.98. The van der Waals surface area contributed by atoms with Crippen LogP contribution >= 0.6 is 0 Å². The molecule has 2 aliphatic heterocycles. The molecular formula is C18H22N2O4S. The van der Waals surface area contributed by atoms with Crippen LogP contribution in [0.4, 0.5) is 5.69 Å². The molecule has 0 radical (unpaired) electrons. The number of carbonyl (C=O) groups is 2. The van der Waals surface area contributed by atoms with Crippen LogP contribution < -0.4 is 10.2 Å². The van der Waals surface area contributed by atoms with E-state index in [1.807, 2.05) is 0 Å². The number of anilines is 1. The smallest absolute Gasteiger partial charge is 0.251 e. The van der Waals surface area contributed by atoms with Crippen LogP contribution in [-0.2, 0) is 21.1 Å². The Balaban J connectivity index is 1.80. The second kappa shape index (κ2) is 5.98. The SMILES string of the molecule is C=CC(=O)N1CCCc2cc(C(=O)NC3CS(=O)(=O)C3(C)C)ccc21. The highest BCUT2D eigenvalue weighted by Gasteiger charge is 2.54. The zero-order valence-electron chi connectivity index (χ0n) is 14.4. The number of sulfone groups is 1. The largest absolute Gasteiger partial charge is 0.347 e. The molecular weight excluding hydrogens is 340 g/mol. The number of benzene rings is 1. The van der Waals surface area contributed by atoms with Gasteiger partial charge >= 0.3 is 0 Å². The van der Waals surface area contributed by atoms with E-state index in [9.17, 15) is 18.0 Å². The predicted molar refractivity (Wildman–Crippen MR) is 96.4 cm³/mol. The van der Waals surface area contributed by atoms with Gasteiger partial charge in [0.05, 0.1) is 16.5 Å². The standard InChI is InChI=1S/C18H22N2O4S/c1-4-16(21)20-9-5-6-12-10-13(7-8-14(12)20)17(22)19-15-11-25(23,24)18(15,2)3/h4,7-8,10,15H,1,5-6,9,11H2,2-3H3,(H,19,22). The number of fused-ring (bicyclic) bond motifs is 1. The van der Waals surface area contributed by atoms with Gasteiger partial charge in [-0.05, 0) is 56.5 Å². The van der Waals surface area contributed by atoms with E-state index < -0.39 is 14.6 Å². The molecule has 134 valence electrons. The van der Waals surface area contributed by atoms with E-state index >= 15 is 0 Å². The molecule has 1 N–H and O–H groups in total. The van der Waals surface area contributed by atoms with Crippen molar-refractivity contribution in [2.45, 2.75) is 37.5 Å². The summed E-state index contributed by atoms with van der Waals surface area (Å²) in [6.45, 7) is 7.42. The highest BCUT2D eigenvalue weighted by atomic mass is 32.2. The number of hydrogen-bond donors (Lipinski definition) is 1. The van der Waals surface area contributed by atoms with Gasteiger partial charge in [0, 0.05) is 17.8 Å². The van der Waals surface area contributed by atoms with Gasteiger partial charge in [-0.25, -0.2) is 8.42 Å². The van der Waals surface area contributed by atoms with Gasteiger partial charge in [0.15, 0.2) is 9.84 Å². The molecule has 2 aliphatic rings. The van der Waals surface area contributed by atoms with Crippen LogP contribution in [0.25, 0.3) is 0 Å². The zero-order chi connectivity index (χ0) is 18.4. The first kappa shape index (κ1) is 17.7. The van der Waals surface area contributed by atoms with Crippen molar-refractivity contribution in [3.05, 3.63) is 42.0 Å². The molecule has 1 saturated heterocycles. The molecule has 1 aromatic rings. The molecule has 0 spiro atoms. The summed E-state index contributed by atoms with van der Waals surface area (Å²) in [5.41, 5.74) is 2.22. The highest BCUT2D eigenvalue weighted by Crippen LogP contribution is 2.34. The molecule has 1 fully saturated rings. The van der Waals surface area contributed by atoms with Gasteiger partial charge in [-0.3, -0.25) is 9.59 Å². The number of amides is 2. The number of aryl methyl sites for hydroxylation is 1. The maximum atomic E-state index is 12.5. The van der Waals surface area contributed by atoms with Gasteiger partial charge in [0.1, 0.15) is 0 Å². The lowest BCUT2D eigenvalue weighted by Crippen LogP contribution is -2.66. The fourth-order valence-corrected chi connectivity index (χ4v) is 4.93. The fourth-order valence-electron chi connectivity index (χ4n) is 3.29. The number of hydrogen-bond acceptors (Lipinski definition) is 4. The first-order valence-electron chi connectivity index (χ1n) is 8.27. The maximum Gasteiger partial charge on any atom is 0.251 e. The lowest BCUT2D eigenvalue weighted by molar-refractivity contribution is -0.114. The van der Waals surface area contributed by atoms with Crippen molar-refractivity contribution in [3.8, 4) is 0 Å². The molecule has 7 heteroatoms. The van der Waals surface area contributed by atoms with Crippen molar-refractivity contribution in [2.75, 3.05) is 17.2 Å². The third-order valence-electron chi connectivity index (χ3n) is 5.23. The molecule has 25 heavy (non-hydrogen) atoms. The Labute approximate surface area is 147 Å². The summed E-state index contributed by atoms with van der Waals surface area (Å²) < 4.78 is 22.6. The molecule has 6 nitrogen and oxygen atoms in total. The molecule has 0 bridgehead atoms. The summed E-state index contributed by atoms with van der Waals surface area (Å²) in [7, 11) is -3.14. The van der Waals surface area contributed by atoms with Crippen molar-refractivity contribution < 1.29 is 18.0 Å². The number of carbonyl (C=O) groups excluding carboxylic acids is 2. The first-order valence-corrected chi connectivity index (χ1v) is 9.92. The molecule has 0 aliphatic carbocycles. The Bertz CT molecular complexity index is 858. The summed E-state index contributed by atoms with van der Waals surface area (Å²) in [6.07, 6.45) is 2.90. The monoisotopic (exact) mass is 362 g/mol. The van der Waals surface area contributed by atoms with Crippen molar-refractivity contribution >= 4 is 27.3 Å². The third-order valence-corrected chi connectivity index (χ3v) is 7.89. The van der Waals surface area contributed by atoms with Gasteiger partial charge in [-0.1, -0.05) is 6.58 Å². The topological polar surface area (TPSA) is 83.6 Å². The summed E-state index contributed by atoms with van der Waals surface area (Å²) in [5, 5.41) is 2.82. The fraction of sp³-hybridized carbons (Fsp3) is 0.444. The third kappa shape index (κ3) is 2.86. The van der Waals surface area contributed by atoms with Crippen molar-refractivity contribution in [1.82, 2.24) is 5.32 Å². The Morgan fingerprint density at radius 1 is 1.36 bits per heavy atom. The molecule has 2 amide bonds. The summed E-state index contributed by atoms with van der Waals surface area (Å²) in [4.78, 5) is 26.1. The van der Waals surface area contributed by atoms with Gasteiger partial charge in [-0.15, -0.1) is 0 Å². The van der Waals surface area contributed by atoms with Gasteiger partial charge in [0.25, 0.3) is 5.91 Å². The highest BCUT2D eigenvalue weighted by molar-refractivity contribution is 7.94. The van der Waals surface area contributed by atoms with Crippen LogP contribution in [0.2, 0.25) is 0 Å². The Morgan fingerprint density at radius 3 is 2.68 bits per heavy atom. The predicted octanol–water partition coefficient (Wildman–Crippen LogP) is 1.46. The maximum absolute atomic E-state index is 12.5. The minimum atomic E-state index is -3.14. The average Bonchev–Trinajstić information content (AvgIpc) is 2.59. The lowest BCUT2D eigenvalue weighted by Gasteiger charge is -2.43. The molecule has 0 saturated carbocycles. The van der Waals surface area contributed by atoms with Crippen molar-refractivity contribution in [1.29, 1.82) is 0 Å². The van der Waals surface area contributed by atoms with E-state index in [2.05, 4.69) is 11.9 Å². The molecule has 1 atom stereocenters. The molecule has 2 heterocycles. The Hall–Kier alpha value is -2.15. The first-order chi connectivity index (χ1) is 11.7. The molecule has 0 aromatic heterocycles. The summed E-state index contributed by atoms with van der Waals surface area (Å²) >= 11 is 0. The average molecular weight is 362 g/mol. The van der Waals surface area contributed by atoms with E-state index in [1.165, 1.54) is 6.08 Å². The second-order valence-electron chi connectivity index (χ2n) is 7.05.